The van der Waals surface area contributed by atoms with Gasteiger partial charge in [0.1, 0.15) is 0 Å². The molecule has 0 saturated carbocycles. The van der Waals surface area contributed by atoms with E-state index in [1.54, 1.807) is 0 Å². The molecule has 0 aliphatic carbocycles. The average molecular weight is 1230 g/mol. The number of nitrogens with one attached hydrogen (secondary N) is 2. The summed E-state index contributed by atoms with van der Waals surface area (Å²) in [5.74, 6) is -58.3. The predicted octanol–water partition coefficient (Wildman–Crippen LogP) is 15.0. The van der Waals surface area contributed by atoms with Crippen molar-refractivity contribution in [2.75, 3.05) is 0 Å². The number of nitrogens with zero attached hydrogens (tertiary/aromatic N) is 2. The van der Waals surface area contributed by atoms with Gasteiger partial charge in [0.2, 0.25) is 0 Å². The van der Waals surface area contributed by atoms with Crippen molar-refractivity contribution in [3.05, 3.63) is 64.3 Å². The van der Waals surface area contributed by atoms with Crippen LogP contribution in [0.3, 0.4) is 0 Å². The number of halogens is 30. The van der Waals surface area contributed by atoms with Crippen LogP contribution in [0.4, 0.5) is 123 Å². The Morgan fingerprint density at radius 1 is 0.318 bits per heavy atom. The van der Waals surface area contributed by atoms with E-state index in [9.17, 15) is 87.8 Å². The largest absolute Gasteiger partial charge is 0.460 e. The minimum absolute atomic E-state index is 0.393. The molecule has 4 nitrogen and oxygen atoms in total. The lowest BCUT2D eigenvalue weighted by atomic mass is 9.99. The van der Waals surface area contributed by atoms with Gasteiger partial charge in [0.15, 0.2) is 0 Å². The molecule has 3 aromatic heterocycles. The number of rotatable bonds is 8. The highest BCUT2D eigenvalue weighted by Crippen LogP contribution is 2.59. The minimum atomic E-state index is -7.52. The number of aromatic amines is 2. The van der Waals surface area contributed by atoms with Crippen molar-refractivity contribution < 1.29 is 123 Å². The Labute approximate surface area is 369 Å². The molecule has 2 aliphatic rings. The first kappa shape index (κ1) is 53.1. The lowest BCUT2D eigenvalue weighted by Gasteiger charge is -2.29. The number of alkyl halides is 28. The van der Waals surface area contributed by atoms with E-state index in [1.165, 1.54) is 0 Å². The molecule has 34 heteroatoms. The highest BCUT2D eigenvalue weighted by atomic mass is 127. The lowest BCUT2D eigenvalue weighted by Crippen LogP contribution is -2.50. The third-order valence-corrected chi connectivity index (χ3v) is 10.8. The van der Waals surface area contributed by atoms with Crippen LogP contribution in [-0.4, -0.2) is 68.3 Å². The van der Waals surface area contributed by atoms with Crippen LogP contribution in [0.1, 0.15) is 45.0 Å². The Bertz CT molecular complexity index is 2510. The van der Waals surface area contributed by atoms with E-state index in [2.05, 4.69) is 9.97 Å². The van der Waals surface area contributed by atoms with Crippen LogP contribution in [0.25, 0.3) is 46.4 Å². The molecule has 0 atom stereocenters. The van der Waals surface area contributed by atoms with Gasteiger partial charge in [0.25, 0.3) is 0 Å². The lowest BCUT2D eigenvalue weighted by molar-refractivity contribution is -0.359. The van der Waals surface area contributed by atoms with E-state index in [1.807, 2.05) is 0 Å². The number of hydrogen-bond acceptors (Lipinski definition) is 2. The molecule has 0 unspecified atom stereocenters. The Hall–Kier alpha value is -3.90. The number of H-pyrrole nitrogens is 2. The summed E-state index contributed by atoms with van der Waals surface area (Å²) in [7, 11) is 0. The zero-order chi connectivity index (χ0) is 51.2. The van der Waals surface area contributed by atoms with E-state index < -0.39 is 183 Å². The summed E-state index contributed by atoms with van der Waals surface area (Å²) < 4.78 is 404. The zero-order valence-corrected chi connectivity index (χ0v) is 34.0. The summed E-state index contributed by atoms with van der Waals surface area (Å²) in [4.78, 5) is 7.47. The fourth-order valence-corrected chi connectivity index (χ4v) is 7.37. The van der Waals surface area contributed by atoms with Crippen LogP contribution in [-0.2, 0) is 23.7 Å². The van der Waals surface area contributed by atoms with Gasteiger partial charge in [-0.1, -0.05) is 0 Å². The Morgan fingerprint density at radius 2 is 0.515 bits per heavy atom. The summed E-state index contributed by atoms with van der Waals surface area (Å²) in [6, 6.07) is -0.785. The van der Waals surface area contributed by atoms with Crippen LogP contribution >= 0.6 is 45.2 Å². The molecule has 0 saturated heterocycles. The summed E-state index contributed by atoms with van der Waals surface area (Å²) in [5.41, 5.74) is -31.6. The molecule has 8 bridgehead atoms. The van der Waals surface area contributed by atoms with Crippen molar-refractivity contribution in [1.29, 1.82) is 0 Å². The van der Waals surface area contributed by atoms with Gasteiger partial charge in [0.05, 0.1) is 67.1 Å². The average Bonchev–Trinajstić information content (AvgIpc) is 3.92. The first-order valence-electron chi connectivity index (χ1n) is 16.0. The van der Waals surface area contributed by atoms with Crippen molar-refractivity contribution >= 4 is 91.6 Å². The van der Waals surface area contributed by atoms with Gasteiger partial charge in [-0.15, -0.1) is 0 Å². The van der Waals surface area contributed by atoms with Gasteiger partial charge in [-0.2, -0.15) is 123 Å². The van der Waals surface area contributed by atoms with Gasteiger partial charge in [-0.05, 0) is 81.6 Å². The fraction of sp³-hybridized carbons (Fsp3) is 0.375. The smallest absolute Gasteiger partial charge is 0.354 e. The van der Waals surface area contributed by atoms with Gasteiger partial charge >= 0.3 is 72.1 Å². The summed E-state index contributed by atoms with van der Waals surface area (Å²) in [6.07, 6.45) is -31.8. The molecular weight excluding hydrogens is 1230 g/mol. The van der Waals surface area contributed by atoms with Gasteiger partial charge in [-0.3, -0.25) is 0 Å². The summed E-state index contributed by atoms with van der Waals surface area (Å²) >= 11 is 0.927. The molecule has 0 fully saturated rings. The Kier molecular flexibility index (Phi) is 12.3. The standard InChI is InChI=1S/C32H8F28I2N4/c33-21(34,25(41,42)29(49,50)51)15-9-1-3-11(63-9)17(23(37,38)27(45,46)31(55,56)57)19-8(62)6-14(66-19)16(22(35,36)26(43,44)30(52,53)54)10-2-4-12(64-10)18(20-7(61)5-13(15)65-20)24(39,40)28(47,48)32(58,59)60/h1-6,65-66H. The summed E-state index contributed by atoms with van der Waals surface area (Å²) in [5, 5.41) is 0. The molecule has 0 amide bonds. The predicted molar refractivity (Wildman–Crippen MR) is 184 cm³/mol. The van der Waals surface area contributed by atoms with Gasteiger partial charge < -0.3 is 9.97 Å². The molecule has 0 aromatic carbocycles. The third-order valence-electron chi connectivity index (χ3n) is 9.14. The van der Waals surface area contributed by atoms with Crippen LogP contribution in [0.2, 0.25) is 0 Å². The maximum absolute atomic E-state index is 15.8. The van der Waals surface area contributed by atoms with E-state index in [0.29, 0.717) is 45.2 Å². The molecule has 5 heterocycles. The Balaban J connectivity index is 2.30. The molecule has 366 valence electrons. The number of aromatic nitrogens is 4. The molecule has 66 heavy (non-hydrogen) atoms. The molecule has 5 rings (SSSR count). The second-order valence-electron chi connectivity index (χ2n) is 13.3. The SMILES string of the molecule is FC(F)(F)C(F)(F)C(F)(F)c1c2nc(c(C(F)(F)C(F)(F)C(F)(F)F)c3[nH]c(cc3I)c(C(F)(F)C(F)(F)C(F)(F)F)c3nc(c(C(F)(F)C(F)(F)C(F)(F)F)c4[nH]c1cc4I)C=C3)C=C2. The number of fused-ring (bicyclic) bond motifs is 8. The van der Waals surface area contributed by atoms with E-state index >= 15 is 35.1 Å². The normalized spacial score (nSPS) is 15.6. The van der Waals surface area contributed by atoms with E-state index in [-0.39, 0.29) is 0 Å². The van der Waals surface area contributed by atoms with Crippen LogP contribution in [0.5, 0.6) is 0 Å². The van der Waals surface area contributed by atoms with Crippen molar-refractivity contribution in [3.8, 4) is 0 Å². The quantitative estimate of drug-likeness (QED) is 0.120. The molecular formula is C32H8F28I2N4. The maximum Gasteiger partial charge on any atom is 0.460 e. The topological polar surface area (TPSA) is 57.4 Å². The van der Waals surface area contributed by atoms with Crippen molar-refractivity contribution in [2.45, 2.75) is 72.1 Å². The maximum atomic E-state index is 15.8. The highest BCUT2D eigenvalue weighted by Gasteiger charge is 2.78. The monoisotopic (exact) mass is 1230 g/mol. The molecule has 2 N–H and O–H groups in total. The minimum Gasteiger partial charge on any atom is -0.354 e. The van der Waals surface area contributed by atoms with Crippen LogP contribution in [0.15, 0.2) is 12.1 Å². The molecule has 0 spiro atoms. The van der Waals surface area contributed by atoms with Gasteiger partial charge in [-0.25, -0.2) is 9.97 Å². The highest BCUT2D eigenvalue weighted by molar-refractivity contribution is 14.1. The fourth-order valence-electron chi connectivity index (χ4n) is 5.94. The molecule has 0 radical (unpaired) electrons. The van der Waals surface area contributed by atoms with Crippen molar-refractivity contribution in [3.63, 3.8) is 0 Å². The van der Waals surface area contributed by atoms with E-state index in [4.69, 9.17) is 0 Å². The second-order valence-corrected chi connectivity index (χ2v) is 15.7. The van der Waals surface area contributed by atoms with Crippen molar-refractivity contribution in [2.24, 2.45) is 0 Å². The van der Waals surface area contributed by atoms with E-state index in [0.717, 1.165) is 9.97 Å². The van der Waals surface area contributed by atoms with Crippen molar-refractivity contribution in [1.82, 2.24) is 19.9 Å². The van der Waals surface area contributed by atoms with Gasteiger partial charge in [0, 0.05) is 7.14 Å². The first-order chi connectivity index (χ1) is 29.2. The molecule has 2 aliphatic heterocycles. The van der Waals surface area contributed by atoms with Crippen LogP contribution < -0.4 is 0 Å². The second kappa shape index (κ2) is 15.3. The zero-order valence-electron chi connectivity index (χ0n) is 29.7. The van der Waals surface area contributed by atoms with Crippen LogP contribution in [0, 0.1) is 7.14 Å². The Morgan fingerprint density at radius 3 is 0.727 bits per heavy atom. The molecule has 3 aromatic rings. The number of hydrogen-bond donors (Lipinski definition) is 2. The third kappa shape index (κ3) is 7.61. The summed E-state index contributed by atoms with van der Waals surface area (Å²) in [6.45, 7) is 0. The first-order valence-corrected chi connectivity index (χ1v) is 18.2.